The van der Waals surface area contributed by atoms with Gasteiger partial charge in [-0.05, 0) is 38.1 Å². The third-order valence-corrected chi connectivity index (χ3v) is 5.37. The van der Waals surface area contributed by atoms with Gasteiger partial charge in [0.1, 0.15) is 0 Å². The van der Waals surface area contributed by atoms with Crippen LogP contribution in [0.1, 0.15) is 24.3 Å². The van der Waals surface area contributed by atoms with Crippen LogP contribution < -0.4 is 4.80 Å². The molecule has 2 heterocycles. The Bertz CT molecular complexity index is 1090. The molecule has 0 amide bonds. The highest BCUT2D eigenvalue weighted by Gasteiger charge is 2.19. The molecule has 2 aromatic carbocycles. The quantitative estimate of drug-likeness (QED) is 0.689. The summed E-state index contributed by atoms with van der Waals surface area (Å²) in [6.07, 6.45) is 2.01. The van der Waals surface area contributed by atoms with Crippen LogP contribution in [0.5, 0.6) is 5.88 Å². The summed E-state index contributed by atoms with van der Waals surface area (Å²) in [5.74, 6) is 0.247. The van der Waals surface area contributed by atoms with Gasteiger partial charge in [-0.1, -0.05) is 47.7 Å². The molecule has 130 valence electrons. The number of hydrogen-bond donors (Lipinski definition) is 1. The van der Waals surface area contributed by atoms with Crippen molar-refractivity contribution in [3.05, 3.63) is 69.8 Å². The molecule has 1 aliphatic heterocycles. The minimum Gasteiger partial charge on any atom is -0.493 e. The van der Waals surface area contributed by atoms with E-state index in [9.17, 15) is 5.11 Å². The Morgan fingerprint density at radius 1 is 1.12 bits per heavy atom. The van der Waals surface area contributed by atoms with Crippen LogP contribution in [0.2, 0.25) is 0 Å². The van der Waals surface area contributed by atoms with Crippen molar-refractivity contribution in [2.75, 3.05) is 0 Å². The van der Waals surface area contributed by atoms with Gasteiger partial charge in [-0.15, -0.1) is 0 Å². The molecule has 0 saturated carbocycles. The summed E-state index contributed by atoms with van der Waals surface area (Å²) in [6.45, 7) is 4.66. The highest BCUT2D eigenvalue weighted by atomic mass is 32.1. The molecule has 0 radical (unpaired) electrons. The first kappa shape index (κ1) is 16.5. The maximum Gasteiger partial charge on any atom is 0.211 e. The summed E-state index contributed by atoms with van der Waals surface area (Å²) in [5.41, 5.74) is 4.96. The van der Waals surface area contributed by atoms with Gasteiger partial charge in [-0.3, -0.25) is 9.56 Å². The SMILES string of the molecule is CCn1c(O)c(/C=C2/C(C)=Nc3ccccc32)sc1=Nc1ccccc1. The van der Waals surface area contributed by atoms with Crippen molar-refractivity contribution in [2.24, 2.45) is 9.98 Å². The molecule has 3 aromatic rings. The summed E-state index contributed by atoms with van der Waals surface area (Å²) in [4.78, 5) is 10.9. The number of aliphatic imine (C=N–C) groups is 1. The highest BCUT2D eigenvalue weighted by molar-refractivity contribution is 7.10. The average molecular weight is 361 g/mol. The molecular weight excluding hydrogens is 342 g/mol. The Morgan fingerprint density at radius 3 is 2.62 bits per heavy atom. The van der Waals surface area contributed by atoms with E-state index in [4.69, 9.17) is 4.99 Å². The molecule has 0 saturated heterocycles. The van der Waals surface area contributed by atoms with E-state index in [1.807, 2.05) is 73.0 Å². The number of thiazole rings is 1. The second-order valence-electron chi connectivity index (χ2n) is 6.04. The smallest absolute Gasteiger partial charge is 0.211 e. The zero-order valence-electron chi connectivity index (χ0n) is 14.7. The fourth-order valence-corrected chi connectivity index (χ4v) is 4.10. The van der Waals surface area contributed by atoms with Crippen molar-refractivity contribution in [1.82, 2.24) is 4.57 Å². The van der Waals surface area contributed by atoms with Crippen LogP contribution in [-0.4, -0.2) is 15.4 Å². The molecule has 0 fully saturated rings. The molecule has 0 unspecified atom stereocenters. The monoisotopic (exact) mass is 361 g/mol. The van der Waals surface area contributed by atoms with Crippen molar-refractivity contribution < 1.29 is 5.11 Å². The van der Waals surface area contributed by atoms with Gasteiger partial charge in [0, 0.05) is 23.4 Å². The first-order valence-corrected chi connectivity index (χ1v) is 9.38. The predicted molar refractivity (Wildman–Crippen MR) is 108 cm³/mol. The number of nitrogens with zero attached hydrogens (tertiary/aromatic N) is 3. The first-order valence-electron chi connectivity index (χ1n) is 8.56. The Hall–Kier alpha value is -2.92. The lowest BCUT2D eigenvalue weighted by Gasteiger charge is -2.02. The van der Waals surface area contributed by atoms with Crippen LogP contribution in [-0.2, 0) is 6.54 Å². The Labute approximate surface area is 156 Å². The van der Waals surface area contributed by atoms with Gasteiger partial charge in [0.2, 0.25) is 5.88 Å². The number of hydrogen-bond acceptors (Lipinski definition) is 4. The van der Waals surface area contributed by atoms with Crippen LogP contribution in [0, 0.1) is 0 Å². The van der Waals surface area contributed by atoms with Crippen molar-refractivity contribution in [2.45, 2.75) is 20.4 Å². The standard InChI is InChI=1S/C21H19N3OS/c1-3-24-20(25)19(26-21(24)23-15-9-5-4-6-10-15)13-17-14(2)22-18-12-8-7-11-16(17)18/h4-13,25H,3H2,1-2H3/b17-13-,23-21?. The van der Waals surface area contributed by atoms with Crippen LogP contribution in [0.15, 0.2) is 64.6 Å². The van der Waals surface area contributed by atoms with Crippen LogP contribution in [0.3, 0.4) is 0 Å². The molecule has 0 bridgehead atoms. The number of para-hydroxylation sites is 2. The number of aromatic nitrogens is 1. The van der Waals surface area contributed by atoms with E-state index in [0.717, 1.165) is 37.9 Å². The molecule has 4 rings (SSSR count). The lowest BCUT2D eigenvalue weighted by atomic mass is 10.0. The van der Waals surface area contributed by atoms with E-state index >= 15 is 0 Å². The molecule has 0 spiro atoms. The lowest BCUT2D eigenvalue weighted by Crippen LogP contribution is -2.12. The van der Waals surface area contributed by atoms with Gasteiger partial charge in [0.25, 0.3) is 0 Å². The number of aromatic hydroxyl groups is 1. The van der Waals surface area contributed by atoms with Gasteiger partial charge in [-0.25, -0.2) is 4.99 Å². The second kappa shape index (κ2) is 6.77. The molecule has 0 aliphatic carbocycles. The molecule has 1 aromatic heterocycles. The fraction of sp³-hybridized carbons (Fsp3) is 0.143. The van der Waals surface area contributed by atoms with Gasteiger partial charge in [0.05, 0.1) is 16.3 Å². The largest absolute Gasteiger partial charge is 0.493 e. The maximum absolute atomic E-state index is 10.7. The third kappa shape index (κ3) is 2.91. The number of benzene rings is 2. The van der Waals surface area contributed by atoms with Crippen molar-refractivity contribution >= 4 is 40.1 Å². The van der Waals surface area contributed by atoms with E-state index in [2.05, 4.69) is 11.1 Å². The van der Waals surface area contributed by atoms with E-state index < -0.39 is 0 Å². The van der Waals surface area contributed by atoms with Crippen LogP contribution in [0.4, 0.5) is 11.4 Å². The Morgan fingerprint density at radius 2 is 1.85 bits per heavy atom. The number of rotatable bonds is 3. The van der Waals surface area contributed by atoms with Gasteiger partial charge in [0.15, 0.2) is 4.80 Å². The molecule has 5 heteroatoms. The minimum atomic E-state index is 0.247. The molecule has 1 aliphatic rings. The highest BCUT2D eigenvalue weighted by Crippen LogP contribution is 2.37. The van der Waals surface area contributed by atoms with Gasteiger partial charge < -0.3 is 5.11 Å². The average Bonchev–Trinajstić information content (AvgIpc) is 3.13. The normalized spacial score (nSPS) is 15.4. The lowest BCUT2D eigenvalue weighted by molar-refractivity contribution is 0.416. The van der Waals surface area contributed by atoms with E-state index in [1.165, 1.54) is 11.3 Å². The molecule has 1 N–H and O–H groups in total. The third-order valence-electron chi connectivity index (χ3n) is 4.35. The molecule has 26 heavy (non-hydrogen) atoms. The predicted octanol–water partition coefficient (Wildman–Crippen LogP) is 5.15. The van der Waals surface area contributed by atoms with Crippen LogP contribution in [0.25, 0.3) is 11.6 Å². The van der Waals surface area contributed by atoms with Gasteiger partial charge in [-0.2, -0.15) is 0 Å². The number of fused-ring (bicyclic) bond motifs is 1. The zero-order chi connectivity index (χ0) is 18.1. The molecule has 0 atom stereocenters. The summed E-state index contributed by atoms with van der Waals surface area (Å²) in [6, 6.07) is 17.9. The topological polar surface area (TPSA) is 49.9 Å². The van der Waals surface area contributed by atoms with E-state index in [1.54, 1.807) is 0 Å². The molecular formula is C21H19N3OS. The fourth-order valence-electron chi connectivity index (χ4n) is 3.05. The molecule has 4 nitrogen and oxygen atoms in total. The zero-order valence-corrected chi connectivity index (χ0v) is 15.5. The summed E-state index contributed by atoms with van der Waals surface area (Å²) in [7, 11) is 0. The van der Waals surface area contributed by atoms with Gasteiger partial charge >= 0.3 is 0 Å². The second-order valence-corrected chi connectivity index (χ2v) is 7.05. The van der Waals surface area contributed by atoms with Crippen molar-refractivity contribution in [3.63, 3.8) is 0 Å². The summed E-state index contributed by atoms with van der Waals surface area (Å²) >= 11 is 1.48. The van der Waals surface area contributed by atoms with Crippen molar-refractivity contribution in [1.29, 1.82) is 0 Å². The Balaban J connectivity index is 1.85. The Kier molecular flexibility index (Phi) is 4.31. The summed E-state index contributed by atoms with van der Waals surface area (Å²) < 4.78 is 1.83. The number of allylic oxidation sites excluding steroid dienone is 1. The maximum atomic E-state index is 10.7. The first-order chi connectivity index (χ1) is 12.7. The van der Waals surface area contributed by atoms with E-state index in [-0.39, 0.29) is 5.88 Å². The van der Waals surface area contributed by atoms with Crippen molar-refractivity contribution in [3.8, 4) is 5.88 Å². The minimum absolute atomic E-state index is 0.247. The summed E-state index contributed by atoms with van der Waals surface area (Å²) in [5, 5.41) is 10.7. The van der Waals surface area contributed by atoms with Crippen LogP contribution >= 0.6 is 11.3 Å². The van der Waals surface area contributed by atoms with E-state index in [0.29, 0.717) is 6.54 Å².